The average molecular weight is 368 g/mol. The minimum Gasteiger partial charge on any atom is -0.481 e. The summed E-state index contributed by atoms with van der Waals surface area (Å²) in [5.74, 6) is -2.86. The first kappa shape index (κ1) is 18.8. The van der Waals surface area contributed by atoms with Gasteiger partial charge in [-0.05, 0) is 36.1 Å². The van der Waals surface area contributed by atoms with E-state index in [1.165, 1.54) is 0 Å². The molecule has 2 aromatic rings. The summed E-state index contributed by atoms with van der Waals surface area (Å²) in [7, 11) is 0. The molecule has 0 spiro atoms. The fraction of sp³-hybridized carbons (Fsp3) is 0.286. The Morgan fingerprint density at radius 3 is 2.44 bits per heavy atom. The third-order valence-corrected chi connectivity index (χ3v) is 5.02. The highest BCUT2D eigenvalue weighted by Gasteiger charge is 2.54. The average Bonchev–Trinajstić information content (AvgIpc) is 2.97. The maximum atomic E-state index is 12.7. The summed E-state index contributed by atoms with van der Waals surface area (Å²) < 4.78 is 5.50. The summed E-state index contributed by atoms with van der Waals surface area (Å²) in [6.07, 6.45) is -0.789. The van der Waals surface area contributed by atoms with E-state index < -0.39 is 36.0 Å². The predicted octanol–water partition coefficient (Wildman–Crippen LogP) is 2.69. The van der Waals surface area contributed by atoms with E-state index in [2.05, 4.69) is 0 Å². The summed E-state index contributed by atoms with van der Waals surface area (Å²) in [6.45, 7) is 0. The minimum atomic E-state index is -1.74. The molecule has 0 amide bonds. The molecule has 6 nitrogen and oxygen atoms in total. The van der Waals surface area contributed by atoms with Gasteiger partial charge in [0, 0.05) is 0 Å². The molecule has 2 aromatic carbocycles. The Hall–Kier alpha value is -2.99. The lowest BCUT2D eigenvalue weighted by atomic mass is 9.86. The van der Waals surface area contributed by atoms with Crippen LogP contribution < -0.4 is 0 Å². The maximum Gasteiger partial charge on any atom is 0.338 e. The molecule has 0 saturated heterocycles. The lowest BCUT2D eigenvalue weighted by Crippen LogP contribution is -2.49. The van der Waals surface area contributed by atoms with Crippen molar-refractivity contribution in [3.8, 4) is 11.1 Å². The van der Waals surface area contributed by atoms with E-state index in [1.807, 2.05) is 36.4 Å². The molecule has 27 heavy (non-hydrogen) atoms. The molecule has 1 fully saturated rings. The number of ether oxygens (including phenoxy) is 1. The van der Waals surface area contributed by atoms with Crippen LogP contribution in [0.15, 0.2) is 54.6 Å². The van der Waals surface area contributed by atoms with Crippen molar-refractivity contribution < 1.29 is 29.3 Å². The molecule has 6 heteroatoms. The molecule has 0 radical (unpaired) electrons. The van der Waals surface area contributed by atoms with Gasteiger partial charge < -0.3 is 19.7 Å². The predicted molar refractivity (Wildman–Crippen MR) is 97.1 cm³/mol. The molecule has 3 unspecified atom stereocenters. The van der Waals surface area contributed by atoms with Crippen LogP contribution in [0.1, 0.15) is 29.6 Å². The number of rotatable bonds is 6. The Morgan fingerprint density at radius 1 is 1.07 bits per heavy atom. The molecule has 0 aliphatic heterocycles. The number of carboxylic acids is 1. The van der Waals surface area contributed by atoms with Crippen LogP contribution in [-0.2, 0) is 14.3 Å². The van der Waals surface area contributed by atoms with Gasteiger partial charge in [0.05, 0.1) is 24.0 Å². The van der Waals surface area contributed by atoms with Gasteiger partial charge in [0.15, 0.2) is 5.60 Å². The summed E-state index contributed by atoms with van der Waals surface area (Å²) >= 11 is 0. The molecular formula is C21H20O6. The van der Waals surface area contributed by atoms with Crippen LogP contribution >= 0.6 is 0 Å². The quantitative estimate of drug-likeness (QED) is 0.601. The van der Waals surface area contributed by atoms with Crippen molar-refractivity contribution in [2.24, 2.45) is 5.92 Å². The summed E-state index contributed by atoms with van der Waals surface area (Å²) in [5, 5.41) is 19.5. The highest BCUT2D eigenvalue weighted by atomic mass is 16.6. The van der Waals surface area contributed by atoms with Crippen LogP contribution in [0.5, 0.6) is 0 Å². The number of aliphatic hydroxyl groups is 1. The molecule has 1 aliphatic carbocycles. The Bertz CT molecular complexity index is 847. The Balaban J connectivity index is 1.91. The van der Waals surface area contributed by atoms with Gasteiger partial charge in [0.1, 0.15) is 6.29 Å². The van der Waals surface area contributed by atoms with Gasteiger partial charge in [-0.3, -0.25) is 4.79 Å². The molecule has 0 aromatic heterocycles. The van der Waals surface area contributed by atoms with E-state index in [0.717, 1.165) is 11.1 Å². The molecule has 0 bridgehead atoms. The molecular weight excluding hydrogens is 348 g/mol. The topological polar surface area (TPSA) is 101 Å². The van der Waals surface area contributed by atoms with Gasteiger partial charge in [-0.25, -0.2) is 4.79 Å². The second-order valence-corrected chi connectivity index (χ2v) is 6.70. The van der Waals surface area contributed by atoms with E-state index in [9.17, 15) is 24.6 Å². The molecule has 1 aliphatic rings. The standard InChI is InChI=1S/C21H20O6/c22-13-17-9-10-18(23)21(17,12-19(24)25)27-20(26)16-8-4-7-15(11-16)14-5-2-1-3-6-14/h1-8,11,13,17-18,23H,9-10,12H2,(H,24,25). The first-order valence-corrected chi connectivity index (χ1v) is 8.70. The zero-order chi connectivity index (χ0) is 19.4. The second-order valence-electron chi connectivity index (χ2n) is 6.70. The fourth-order valence-corrected chi connectivity index (χ4v) is 3.61. The number of hydrogen-bond donors (Lipinski definition) is 2. The lowest BCUT2D eigenvalue weighted by Gasteiger charge is -2.34. The second kappa shape index (κ2) is 7.72. The van der Waals surface area contributed by atoms with Crippen LogP contribution in [0, 0.1) is 5.92 Å². The van der Waals surface area contributed by atoms with Gasteiger partial charge in [0.2, 0.25) is 0 Å². The summed E-state index contributed by atoms with van der Waals surface area (Å²) in [5.41, 5.74) is 0.202. The van der Waals surface area contributed by atoms with Crippen LogP contribution in [0.2, 0.25) is 0 Å². The van der Waals surface area contributed by atoms with Crippen molar-refractivity contribution >= 4 is 18.2 Å². The Morgan fingerprint density at radius 2 is 1.78 bits per heavy atom. The van der Waals surface area contributed by atoms with E-state index in [1.54, 1.807) is 18.2 Å². The third kappa shape index (κ3) is 3.75. The van der Waals surface area contributed by atoms with Crippen LogP contribution in [0.4, 0.5) is 0 Å². The first-order valence-electron chi connectivity index (χ1n) is 8.70. The highest BCUT2D eigenvalue weighted by Crippen LogP contribution is 2.41. The summed E-state index contributed by atoms with van der Waals surface area (Å²) in [4.78, 5) is 35.5. The largest absolute Gasteiger partial charge is 0.481 e. The highest BCUT2D eigenvalue weighted by molar-refractivity contribution is 5.92. The number of aldehydes is 1. The lowest BCUT2D eigenvalue weighted by molar-refractivity contribution is -0.153. The van der Waals surface area contributed by atoms with E-state index >= 15 is 0 Å². The molecule has 140 valence electrons. The van der Waals surface area contributed by atoms with E-state index in [4.69, 9.17) is 4.74 Å². The van der Waals surface area contributed by atoms with Crippen molar-refractivity contribution in [2.45, 2.75) is 31.0 Å². The number of hydrogen-bond acceptors (Lipinski definition) is 5. The van der Waals surface area contributed by atoms with Crippen molar-refractivity contribution in [3.63, 3.8) is 0 Å². The van der Waals surface area contributed by atoms with Crippen molar-refractivity contribution in [1.29, 1.82) is 0 Å². The first-order chi connectivity index (χ1) is 13.0. The minimum absolute atomic E-state index is 0.202. The van der Waals surface area contributed by atoms with Crippen molar-refractivity contribution in [3.05, 3.63) is 60.2 Å². The Kier molecular flexibility index (Phi) is 5.37. The van der Waals surface area contributed by atoms with Crippen LogP contribution in [0.3, 0.4) is 0 Å². The van der Waals surface area contributed by atoms with Gasteiger partial charge in [0.25, 0.3) is 0 Å². The third-order valence-electron chi connectivity index (χ3n) is 5.02. The smallest absolute Gasteiger partial charge is 0.338 e. The number of carbonyl (C=O) groups is 3. The van der Waals surface area contributed by atoms with E-state index in [-0.39, 0.29) is 18.4 Å². The number of aliphatic carboxylic acids is 1. The fourth-order valence-electron chi connectivity index (χ4n) is 3.61. The normalized spacial score (nSPS) is 24.3. The number of benzene rings is 2. The molecule has 0 heterocycles. The summed E-state index contributed by atoms with van der Waals surface area (Å²) in [6, 6.07) is 16.2. The maximum absolute atomic E-state index is 12.7. The number of carboxylic acid groups (broad SMARTS) is 1. The number of carbonyl (C=O) groups excluding carboxylic acids is 2. The molecule has 2 N–H and O–H groups in total. The number of aliphatic hydroxyl groups excluding tert-OH is 1. The monoisotopic (exact) mass is 368 g/mol. The molecule has 1 saturated carbocycles. The van der Waals surface area contributed by atoms with Gasteiger partial charge in [-0.1, -0.05) is 42.5 Å². The van der Waals surface area contributed by atoms with Gasteiger partial charge in [-0.15, -0.1) is 0 Å². The Labute approximate surface area is 156 Å². The SMILES string of the molecule is O=CC1CCC(O)C1(CC(=O)O)OC(=O)c1cccc(-c2ccccc2)c1. The van der Waals surface area contributed by atoms with Gasteiger partial charge in [-0.2, -0.15) is 0 Å². The van der Waals surface area contributed by atoms with Crippen LogP contribution in [-0.4, -0.2) is 40.1 Å². The van der Waals surface area contributed by atoms with Crippen LogP contribution in [0.25, 0.3) is 11.1 Å². The number of esters is 1. The zero-order valence-electron chi connectivity index (χ0n) is 14.6. The van der Waals surface area contributed by atoms with E-state index in [0.29, 0.717) is 6.29 Å². The molecule has 3 rings (SSSR count). The van der Waals surface area contributed by atoms with Crippen molar-refractivity contribution in [1.82, 2.24) is 0 Å². The zero-order valence-corrected chi connectivity index (χ0v) is 14.6. The van der Waals surface area contributed by atoms with Gasteiger partial charge >= 0.3 is 11.9 Å². The van der Waals surface area contributed by atoms with Crippen molar-refractivity contribution in [2.75, 3.05) is 0 Å². The molecule has 3 atom stereocenters.